The van der Waals surface area contributed by atoms with Gasteiger partial charge < -0.3 is 35.0 Å². The van der Waals surface area contributed by atoms with Crippen molar-refractivity contribution in [3.63, 3.8) is 0 Å². The van der Waals surface area contributed by atoms with Crippen LogP contribution < -0.4 is 30.6 Å². The third-order valence-corrected chi connectivity index (χ3v) is 15.1. The number of quaternary nitrogens is 2. The molecular formula is C59H78N7O+3. The minimum Gasteiger partial charge on any atom is -0.465 e. The van der Waals surface area contributed by atoms with Crippen molar-refractivity contribution in [2.24, 2.45) is 0 Å². The molecule has 67 heavy (non-hydrogen) atoms. The zero-order valence-electron chi connectivity index (χ0n) is 42.4. The summed E-state index contributed by atoms with van der Waals surface area (Å²) in [6.45, 7) is 25.2. The van der Waals surface area contributed by atoms with Crippen LogP contribution in [-0.2, 0) is 6.54 Å². The Labute approximate surface area is 402 Å². The Hall–Kier alpha value is -6.09. The molecule has 0 saturated heterocycles. The second-order valence-electron chi connectivity index (χ2n) is 21.0. The normalized spacial score (nSPS) is 15.8. The number of nitrogens with two attached hydrogens (primary N) is 2. The van der Waals surface area contributed by atoms with E-state index in [2.05, 4.69) is 206 Å². The first kappa shape index (κ1) is 48.8. The predicted octanol–water partition coefficient (Wildman–Crippen LogP) is 12.2. The molecule has 0 fully saturated rings. The van der Waals surface area contributed by atoms with Gasteiger partial charge in [0.05, 0.1) is 74.2 Å². The van der Waals surface area contributed by atoms with Crippen LogP contribution in [0.4, 0.5) is 22.7 Å². The van der Waals surface area contributed by atoms with Gasteiger partial charge in [-0.3, -0.25) is 0 Å². The molecule has 1 aromatic heterocycles. The standard InChI is InChI=1S/C30H39N4.C29H38N3O/c1-6-34(7-2,30(3,4)5)19-11-18-33-28-21-24(32)15-17-26(28)25-16-14-23(31)20-27(25)29(33)22-12-9-8-10-13-22;1-29(2,3)32(5,6)22-12-20-31-21-19-23(24-14-7-8-15-25(24)31)13-11-18-28-30(4)26-16-9-10-17-27(26)33-28/h8-10,12-17,20-21,32H,6-7,11,18-19,31H2,1-5H3;7-11,13-19,21,28H,12,20,22H2,1-6H3/q2*+1/p+1/b;18-11-,23-13-. The first-order valence-electron chi connectivity index (χ1n) is 24.5. The lowest BCUT2D eigenvalue weighted by Gasteiger charge is -2.47. The highest BCUT2D eigenvalue weighted by Crippen LogP contribution is 2.38. The number of aromatic nitrogens is 1. The molecule has 0 bridgehead atoms. The number of fused-ring (bicyclic) bond motifs is 5. The molecule has 2 aliphatic heterocycles. The summed E-state index contributed by atoms with van der Waals surface area (Å²) in [7, 11) is 6.73. The molecule has 0 spiro atoms. The fraction of sp³-hybridized carbons (Fsp3) is 0.373. The van der Waals surface area contributed by atoms with Crippen molar-refractivity contribution in [3.05, 3.63) is 151 Å². The van der Waals surface area contributed by atoms with E-state index in [1.54, 1.807) is 0 Å². The number of pyridine rings is 1. The lowest BCUT2D eigenvalue weighted by molar-refractivity contribution is -0.969. The molecular weight excluding hydrogens is 823 g/mol. The van der Waals surface area contributed by atoms with Gasteiger partial charge in [0.1, 0.15) is 5.75 Å². The molecule has 1 unspecified atom stereocenters. The third-order valence-electron chi connectivity index (χ3n) is 15.1. The molecule has 5 aromatic carbocycles. The predicted molar refractivity (Wildman–Crippen MR) is 287 cm³/mol. The number of hydrogen-bond donors (Lipinski definition) is 2. The van der Waals surface area contributed by atoms with Crippen molar-refractivity contribution < 1.29 is 18.3 Å². The van der Waals surface area contributed by atoms with E-state index >= 15 is 0 Å². The zero-order valence-corrected chi connectivity index (χ0v) is 42.4. The number of ether oxygens (including phenoxy) is 1. The van der Waals surface area contributed by atoms with Gasteiger partial charge in [-0.2, -0.15) is 4.57 Å². The van der Waals surface area contributed by atoms with E-state index in [4.69, 9.17) is 16.2 Å². The van der Waals surface area contributed by atoms with Crippen LogP contribution in [0, 0.1) is 0 Å². The molecule has 8 rings (SSSR count). The summed E-state index contributed by atoms with van der Waals surface area (Å²) in [5, 5.41) is 3.61. The largest absolute Gasteiger partial charge is 0.465 e. The third kappa shape index (κ3) is 10.4. The van der Waals surface area contributed by atoms with Gasteiger partial charge in [0.15, 0.2) is 12.8 Å². The van der Waals surface area contributed by atoms with Crippen LogP contribution in [0.25, 0.3) is 38.5 Å². The van der Waals surface area contributed by atoms with Gasteiger partial charge in [0.2, 0.25) is 11.2 Å². The molecule has 0 radical (unpaired) electrons. The van der Waals surface area contributed by atoms with Crippen LogP contribution in [-0.4, -0.2) is 80.1 Å². The second-order valence-corrected chi connectivity index (χ2v) is 21.0. The number of nitrogens with zero attached hydrogens (tertiary/aromatic N) is 5. The van der Waals surface area contributed by atoms with Crippen molar-refractivity contribution >= 4 is 50.0 Å². The highest BCUT2D eigenvalue weighted by Gasteiger charge is 2.37. The van der Waals surface area contributed by atoms with Crippen LogP contribution in [0.15, 0.2) is 146 Å². The first-order chi connectivity index (χ1) is 31.9. The van der Waals surface area contributed by atoms with Gasteiger partial charge in [-0.1, -0.05) is 66.7 Å². The van der Waals surface area contributed by atoms with E-state index in [0.29, 0.717) is 0 Å². The molecule has 8 nitrogen and oxygen atoms in total. The van der Waals surface area contributed by atoms with E-state index in [9.17, 15) is 0 Å². The fourth-order valence-corrected chi connectivity index (χ4v) is 9.99. The number of rotatable bonds is 13. The summed E-state index contributed by atoms with van der Waals surface area (Å²) in [6.07, 6.45) is 13.0. The summed E-state index contributed by atoms with van der Waals surface area (Å²) in [6, 6.07) is 40.1. The Balaban J connectivity index is 0.000000199. The van der Waals surface area contributed by atoms with Crippen molar-refractivity contribution in [2.75, 3.05) is 75.1 Å². The number of likely N-dealkylation sites (N-methyl/N-ethyl adjacent to an activating group) is 1. The van der Waals surface area contributed by atoms with Crippen molar-refractivity contribution in [1.29, 1.82) is 0 Å². The minimum atomic E-state index is -0.0807. The molecule has 0 aliphatic carbocycles. The molecule has 352 valence electrons. The van der Waals surface area contributed by atoms with Gasteiger partial charge in [-0.05, 0) is 128 Å². The molecule has 0 amide bonds. The number of nitrogen functional groups attached to an aromatic ring is 2. The first-order valence-corrected chi connectivity index (χ1v) is 24.5. The molecule has 1 atom stereocenters. The fourth-order valence-electron chi connectivity index (χ4n) is 9.99. The molecule has 0 saturated carbocycles. The highest BCUT2D eigenvalue weighted by molar-refractivity contribution is 6.10. The number of aryl methyl sites for hydroxylation is 1. The van der Waals surface area contributed by atoms with Gasteiger partial charge in [0, 0.05) is 65.9 Å². The average Bonchev–Trinajstić information content (AvgIpc) is 3.62. The Morgan fingerprint density at radius 1 is 0.701 bits per heavy atom. The number of benzene rings is 5. The number of allylic oxidation sites excluding steroid dienone is 4. The van der Waals surface area contributed by atoms with E-state index in [1.165, 1.54) is 49.8 Å². The van der Waals surface area contributed by atoms with Crippen molar-refractivity contribution in [3.8, 4) is 17.0 Å². The number of hydrogen-bond acceptors (Lipinski definition) is 5. The van der Waals surface area contributed by atoms with Crippen molar-refractivity contribution in [2.45, 2.75) is 92.1 Å². The maximum atomic E-state index is 6.31. The number of para-hydroxylation sites is 3. The zero-order chi connectivity index (χ0) is 48.1. The summed E-state index contributed by atoms with van der Waals surface area (Å²) in [5.74, 6) is 0.939. The Kier molecular flexibility index (Phi) is 14.6. The minimum absolute atomic E-state index is 0.0807. The monoisotopic (exact) mass is 901 g/mol. The van der Waals surface area contributed by atoms with Crippen LogP contribution in [0.3, 0.4) is 0 Å². The quantitative estimate of drug-likeness (QED) is 0.0523. The Bertz CT molecular complexity index is 2750. The number of anilines is 4. The van der Waals surface area contributed by atoms with Gasteiger partial charge in [0.25, 0.3) is 0 Å². The second kappa shape index (κ2) is 20.0. The summed E-state index contributed by atoms with van der Waals surface area (Å²) in [4.78, 5) is 4.55. The summed E-state index contributed by atoms with van der Waals surface area (Å²) < 4.78 is 10.7. The lowest BCUT2D eigenvalue weighted by atomic mass is 9.97. The summed E-state index contributed by atoms with van der Waals surface area (Å²) in [5.41, 5.74) is 23.1. The maximum Gasteiger partial charge on any atom is 0.220 e. The maximum absolute atomic E-state index is 6.31. The van der Waals surface area contributed by atoms with E-state index < -0.39 is 0 Å². The molecule has 2 aliphatic rings. The molecule has 3 heterocycles. The van der Waals surface area contributed by atoms with Gasteiger partial charge in [-0.25, -0.2) is 0 Å². The molecule has 4 N–H and O–H groups in total. The van der Waals surface area contributed by atoms with E-state index in [-0.39, 0.29) is 17.3 Å². The van der Waals surface area contributed by atoms with E-state index in [0.717, 1.165) is 83.9 Å². The van der Waals surface area contributed by atoms with Crippen molar-refractivity contribution in [1.82, 2.24) is 0 Å². The Morgan fingerprint density at radius 2 is 1.34 bits per heavy atom. The smallest absolute Gasteiger partial charge is 0.220 e. The van der Waals surface area contributed by atoms with E-state index in [1.807, 2.05) is 30.3 Å². The SMILES string of the molecule is CC[N+](CC)(CCC[n+]1c(-c2ccccc2)c2cc(N)ccc2c2ccc(N)cc21)C(C)(C)C.CN1c2ccccc2OC1/C=C\C=C1\C=CN(CCC[N+](C)(C)C(C)(C)C)c2ccccc21. The highest BCUT2D eigenvalue weighted by atomic mass is 16.5. The lowest BCUT2D eigenvalue weighted by Crippen LogP contribution is -2.60. The molecule has 8 heteroatoms. The van der Waals surface area contributed by atoms with Crippen LogP contribution in [0.1, 0.15) is 73.8 Å². The van der Waals surface area contributed by atoms with Crippen LogP contribution >= 0.6 is 0 Å². The van der Waals surface area contributed by atoms with Gasteiger partial charge in [-0.15, -0.1) is 0 Å². The van der Waals surface area contributed by atoms with Gasteiger partial charge >= 0.3 is 0 Å². The van der Waals surface area contributed by atoms with Crippen LogP contribution in [0.2, 0.25) is 0 Å². The average molecular weight is 901 g/mol. The van der Waals surface area contributed by atoms with Crippen LogP contribution in [0.5, 0.6) is 5.75 Å². The topological polar surface area (TPSA) is 71.6 Å². The Morgan fingerprint density at radius 3 is 2.01 bits per heavy atom. The molecule has 6 aromatic rings. The summed E-state index contributed by atoms with van der Waals surface area (Å²) >= 11 is 0.